The summed E-state index contributed by atoms with van der Waals surface area (Å²) < 4.78 is 5.84. The van der Waals surface area contributed by atoms with Crippen molar-refractivity contribution >= 4 is 11.9 Å². The molecule has 1 aliphatic carbocycles. The number of esters is 1. The smallest absolute Gasteiger partial charge is 0.358 e. The number of hydrogen-bond acceptors (Lipinski definition) is 5. The summed E-state index contributed by atoms with van der Waals surface area (Å²) in [5, 5.41) is 0. The zero-order valence-electron chi connectivity index (χ0n) is 17.8. The molecule has 1 aromatic heterocycles. The number of aryl methyl sites for hydroxylation is 1. The lowest BCUT2D eigenvalue weighted by atomic mass is 9.75. The Morgan fingerprint density at radius 2 is 1.97 bits per heavy atom. The molecule has 0 bridgehead atoms. The Hall–Kier alpha value is -1.95. The Kier molecular flexibility index (Phi) is 5.91. The minimum Gasteiger partial charge on any atom is -0.449 e. The molecule has 1 aromatic rings. The second-order valence-corrected chi connectivity index (χ2v) is 8.87. The average Bonchev–Trinajstić information content (AvgIpc) is 3.03. The van der Waals surface area contributed by atoms with Crippen LogP contribution in [-0.4, -0.2) is 59.9 Å². The number of pyridine rings is 1. The van der Waals surface area contributed by atoms with Gasteiger partial charge >= 0.3 is 5.97 Å². The first-order chi connectivity index (χ1) is 14.0. The molecule has 0 atom stereocenters. The molecular formula is C23H33N3O3. The van der Waals surface area contributed by atoms with Gasteiger partial charge in [-0.25, -0.2) is 9.78 Å². The monoisotopic (exact) mass is 399 g/mol. The summed E-state index contributed by atoms with van der Waals surface area (Å²) in [6.07, 6.45) is 7.61. The van der Waals surface area contributed by atoms with E-state index < -0.39 is 5.60 Å². The minimum atomic E-state index is -0.575. The number of nitrogens with zero attached hydrogens (tertiary/aromatic N) is 3. The number of hydrogen-bond donors (Lipinski definition) is 0. The topological polar surface area (TPSA) is 62.7 Å². The molecule has 3 aliphatic rings. The summed E-state index contributed by atoms with van der Waals surface area (Å²) in [6.45, 7) is 6.11. The van der Waals surface area contributed by atoms with E-state index in [2.05, 4.69) is 9.88 Å². The first-order valence-electron chi connectivity index (χ1n) is 11.2. The van der Waals surface area contributed by atoms with Gasteiger partial charge in [-0.2, -0.15) is 0 Å². The second-order valence-electron chi connectivity index (χ2n) is 8.87. The minimum absolute atomic E-state index is 0.0256. The quantitative estimate of drug-likeness (QED) is 0.712. The van der Waals surface area contributed by atoms with Crippen LogP contribution >= 0.6 is 0 Å². The van der Waals surface area contributed by atoms with Crippen LogP contribution in [0.3, 0.4) is 0 Å². The Bertz CT molecular complexity index is 765. The van der Waals surface area contributed by atoms with Crippen LogP contribution in [0, 0.1) is 5.92 Å². The van der Waals surface area contributed by atoms with Crippen LogP contribution in [0.5, 0.6) is 0 Å². The number of ether oxygens (including phenoxy) is 1. The van der Waals surface area contributed by atoms with Gasteiger partial charge in [0.25, 0.3) is 0 Å². The number of aromatic nitrogens is 1. The Balaban J connectivity index is 1.35. The van der Waals surface area contributed by atoms with Crippen LogP contribution < -0.4 is 0 Å². The third kappa shape index (κ3) is 4.04. The standard InChI is InChI=1S/C23H33N3O3/c1-3-18-7-8-19-20(24-18)22(28)29-23(19)11-9-17(10-12-23)21(27)25(2)15-16-26-13-5-4-6-14-26/h7-8,17H,3-6,9-16H2,1-2H3/t17-,23-. The van der Waals surface area contributed by atoms with Crippen LogP contribution in [0.4, 0.5) is 0 Å². The second kappa shape index (κ2) is 8.42. The number of amides is 1. The zero-order chi connectivity index (χ0) is 20.4. The number of likely N-dealkylation sites (N-methyl/N-ethyl adjacent to an activating group) is 1. The van der Waals surface area contributed by atoms with Crippen molar-refractivity contribution < 1.29 is 14.3 Å². The van der Waals surface area contributed by atoms with Gasteiger partial charge in [0.05, 0.1) is 0 Å². The summed E-state index contributed by atoms with van der Waals surface area (Å²) in [5.41, 5.74) is 1.74. The van der Waals surface area contributed by atoms with Crippen LogP contribution in [0.2, 0.25) is 0 Å². The molecule has 1 saturated carbocycles. The summed E-state index contributed by atoms with van der Waals surface area (Å²) in [4.78, 5) is 34.2. The highest BCUT2D eigenvalue weighted by atomic mass is 16.6. The Morgan fingerprint density at radius 1 is 1.24 bits per heavy atom. The van der Waals surface area contributed by atoms with E-state index in [0.717, 1.165) is 56.7 Å². The molecule has 1 amide bonds. The third-order valence-electron chi connectivity index (χ3n) is 7.01. The molecule has 3 heterocycles. The summed E-state index contributed by atoms with van der Waals surface area (Å²) in [7, 11) is 1.93. The number of carbonyl (C=O) groups is 2. The molecule has 0 unspecified atom stereocenters. The summed E-state index contributed by atoms with van der Waals surface area (Å²) >= 11 is 0. The maximum Gasteiger partial charge on any atom is 0.358 e. The van der Waals surface area contributed by atoms with Gasteiger partial charge in [0.15, 0.2) is 5.69 Å². The van der Waals surface area contributed by atoms with E-state index in [4.69, 9.17) is 4.74 Å². The normalized spacial score (nSPS) is 27.0. The van der Waals surface area contributed by atoms with Crippen LogP contribution in [-0.2, 0) is 21.6 Å². The van der Waals surface area contributed by atoms with Crippen molar-refractivity contribution in [3.63, 3.8) is 0 Å². The summed E-state index contributed by atoms with van der Waals surface area (Å²) in [5.74, 6) is -0.0443. The lowest BCUT2D eigenvalue weighted by Crippen LogP contribution is -2.43. The fourth-order valence-corrected chi connectivity index (χ4v) is 5.10. The van der Waals surface area contributed by atoms with Crippen molar-refractivity contribution in [3.8, 4) is 0 Å². The molecule has 158 valence electrons. The van der Waals surface area contributed by atoms with Gasteiger partial charge in [0.1, 0.15) is 5.60 Å². The van der Waals surface area contributed by atoms with E-state index in [1.807, 2.05) is 31.0 Å². The highest BCUT2D eigenvalue weighted by Gasteiger charge is 2.49. The molecule has 2 aliphatic heterocycles. The molecule has 1 saturated heterocycles. The van der Waals surface area contributed by atoms with E-state index in [9.17, 15) is 9.59 Å². The van der Waals surface area contributed by atoms with Gasteiger partial charge in [-0.1, -0.05) is 19.4 Å². The van der Waals surface area contributed by atoms with Crippen molar-refractivity contribution in [2.24, 2.45) is 5.92 Å². The predicted octanol–water partition coefficient (Wildman–Crippen LogP) is 3.14. The van der Waals surface area contributed by atoms with Crippen molar-refractivity contribution in [2.75, 3.05) is 33.2 Å². The number of fused-ring (bicyclic) bond motifs is 2. The highest BCUT2D eigenvalue weighted by Crippen LogP contribution is 2.47. The predicted molar refractivity (Wildman–Crippen MR) is 111 cm³/mol. The third-order valence-corrected chi connectivity index (χ3v) is 7.01. The van der Waals surface area contributed by atoms with Crippen molar-refractivity contribution in [3.05, 3.63) is 29.1 Å². The van der Waals surface area contributed by atoms with Crippen molar-refractivity contribution in [2.45, 2.75) is 63.9 Å². The Labute approximate surface area is 173 Å². The van der Waals surface area contributed by atoms with Crippen LogP contribution in [0.25, 0.3) is 0 Å². The van der Waals surface area contributed by atoms with E-state index in [-0.39, 0.29) is 17.8 Å². The first kappa shape index (κ1) is 20.3. The number of rotatable bonds is 5. The van der Waals surface area contributed by atoms with Gasteiger partial charge in [0.2, 0.25) is 5.91 Å². The van der Waals surface area contributed by atoms with E-state index >= 15 is 0 Å². The SMILES string of the molecule is CCc1ccc2c(n1)C(=O)O[C@]21CC[C@H](C(=O)N(C)CCN2CCCCC2)CC1. The van der Waals surface area contributed by atoms with Crippen LogP contribution in [0.15, 0.2) is 12.1 Å². The molecule has 0 N–H and O–H groups in total. The molecule has 0 aromatic carbocycles. The van der Waals surface area contributed by atoms with Crippen molar-refractivity contribution in [1.29, 1.82) is 0 Å². The van der Waals surface area contributed by atoms with E-state index in [1.54, 1.807) is 0 Å². The number of carbonyl (C=O) groups excluding carboxylic acids is 2. The fraction of sp³-hybridized carbons (Fsp3) is 0.696. The Morgan fingerprint density at radius 3 is 2.66 bits per heavy atom. The van der Waals surface area contributed by atoms with Gasteiger partial charge in [-0.15, -0.1) is 0 Å². The number of piperidine rings is 1. The highest BCUT2D eigenvalue weighted by molar-refractivity contribution is 5.92. The molecule has 0 radical (unpaired) electrons. The molecule has 1 spiro atoms. The number of likely N-dealkylation sites (tertiary alicyclic amines) is 1. The molecule has 6 heteroatoms. The van der Waals surface area contributed by atoms with E-state index in [1.165, 1.54) is 19.3 Å². The van der Waals surface area contributed by atoms with Gasteiger partial charge in [-0.05, 0) is 64.1 Å². The van der Waals surface area contributed by atoms with Crippen molar-refractivity contribution in [1.82, 2.24) is 14.8 Å². The molecule has 6 nitrogen and oxygen atoms in total. The van der Waals surface area contributed by atoms with Gasteiger partial charge < -0.3 is 14.5 Å². The fourth-order valence-electron chi connectivity index (χ4n) is 5.10. The van der Waals surface area contributed by atoms with E-state index in [0.29, 0.717) is 18.5 Å². The molecule has 2 fully saturated rings. The summed E-state index contributed by atoms with van der Waals surface area (Å²) in [6, 6.07) is 4.01. The molecule has 4 rings (SSSR count). The van der Waals surface area contributed by atoms with Gasteiger partial charge in [-0.3, -0.25) is 4.79 Å². The van der Waals surface area contributed by atoms with Gasteiger partial charge in [0, 0.05) is 37.3 Å². The molecular weight excluding hydrogens is 366 g/mol. The first-order valence-corrected chi connectivity index (χ1v) is 11.2. The lowest BCUT2D eigenvalue weighted by molar-refractivity contribution is -0.137. The lowest BCUT2D eigenvalue weighted by Gasteiger charge is -2.37. The average molecular weight is 400 g/mol. The maximum absolute atomic E-state index is 13.0. The largest absolute Gasteiger partial charge is 0.449 e. The molecule has 29 heavy (non-hydrogen) atoms. The zero-order valence-corrected chi connectivity index (χ0v) is 17.8. The maximum atomic E-state index is 13.0. The van der Waals surface area contributed by atoms with Crippen LogP contribution in [0.1, 0.15) is 73.6 Å².